The number of benzene rings is 1. The summed E-state index contributed by atoms with van der Waals surface area (Å²) in [5.41, 5.74) is 7.24. The van der Waals surface area contributed by atoms with E-state index in [2.05, 4.69) is 25.4 Å². The number of amides is 1. The van der Waals surface area contributed by atoms with Gasteiger partial charge in [-0.3, -0.25) is 14.8 Å². The van der Waals surface area contributed by atoms with E-state index >= 15 is 0 Å². The Hall–Kier alpha value is -2.29. The van der Waals surface area contributed by atoms with Crippen molar-refractivity contribution in [2.45, 2.75) is 44.3 Å². The number of rotatable bonds is 5. The predicted octanol–water partition coefficient (Wildman–Crippen LogP) is 1.31. The van der Waals surface area contributed by atoms with Gasteiger partial charge in [0, 0.05) is 44.0 Å². The van der Waals surface area contributed by atoms with Crippen molar-refractivity contribution in [2.24, 2.45) is 11.7 Å². The average Bonchev–Trinajstić information content (AvgIpc) is 3.15. The third-order valence-electron chi connectivity index (χ3n) is 5.88. The smallest absolute Gasteiger partial charge is 0.224 e. The summed E-state index contributed by atoms with van der Waals surface area (Å²) in [6.45, 7) is 3.55. The maximum atomic E-state index is 12.9. The molecule has 0 bridgehead atoms. The molecule has 2 aromatic rings. The minimum atomic E-state index is -0.0529. The summed E-state index contributed by atoms with van der Waals surface area (Å²) in [5, 5.41) is 10.2. The molecule has 0 radical (unpaired) electrons. The zero-order valence-electron chi connectivity index (χ0n) is 16.7. The molecule has 2 atom stereocenters. The first kappa shape index (κ1) is 20.0. The molecule has 8 nitrogen and oxygen atoms in total. The molecule has 3 heterocycles. The van der Waals surface area contributed by atoms with Crippen LogP contribution in [-0.2, 0) is 16.1 Å². The summed E-state index contributed by atoms with van der Waals surface area (Å²) in [4.78, 5) is 19.8. The monoisotopic (exact) mass is 398 g/mol. The number of carbonyl (C=O) groups is 1. The van der Waals surface area contributed by atoms with E-state index in [9.17, 15) is 4.79 Å². The van der Waals surface area contributed by atoms with E-state index in [1.54, 1.807) is 0 Å². The Balaban J connectivity index is 1.34. The molecule has 1 amide bonds. The van der Waals surface area contributed by atoms with Gasteiger partial charge in [0.05, 0.1) is 12.5 Å². The molecule has 0 aliphatic carbocycles. The second kappa shape index (κ2) is 9.47. The van der Waals surface area contributed by atoms with Crippen LogP contribution in [0, 0.1) is 5.92 Å². The number of hydrogen-bond acceptors (Lipinski definition) is 6. The topological polar surface area (TPSA) is 109 Å². The molecule has 29 heavy (non-hydrogen) atoms. The Kier molecular flexibility index (Phi) is 6.53. The van der Waals surface area contributed by atoms with E-state index in [-0.39, 0.29) is 17.9 Å². The van der Waals surface area contributed by atoms with E-state index in [4.69, 9.17) is 10.5 Å². The Bertz CT molecular complexity index is 789. The minimum Gasteiger partial charge on any atom is -0.381 e. The van der Waals surface area contributed by atoms with E-state index < -0.39 is 0 Å². The summed E-state index contributed by atoms with van der Waals surface area (Å²) in [7, 11) is 0. The number of nitrogens with zero attached hydrogens (tertiary/aromatic N) is 3. The normalized spacial score (nSPS) is 24.2. The van der Waals surface area contributed by atoms with Crippen molar-refractivity contribution in [2.75, 3.05) is 26.3 Å². The fourth-order valence-electron chi connectivity index (χ4n) is 4.22. The predicted molar refractivity (Wildman–Crippen MR) is 110 cm³/mol. The molecule has 156 valence electrons. The maximum Gasteiger partial charge on any atom is 0.224 e. The van der Waals surface area contributed by atoms with E-state index in [0.29, 0.717) is 24.2 Å². The van der Waals surface area contributed by atoms with E-state index in [1.165, 1.54) is 0 Å². The molecule has 4 rings (SSSR count). The van der Waals surface area contributed by atoms with Crippen LogP contribution in [0.4, 0.5) is 0 Å². The lowest BCUT2D eigenvalue weighted by Gasteiger charge is -2.35. The van der Waals surface area contributed by atoms with Gasteiger partial charge in [0.1, 0.15) is 5.82 Å². The van der Waals surface area contributed by atoms with Crippen molar-refractivity contribution in [3.63, 3.8) is 0 Å². The fraction of sp³-hybridized carbons (Fsp3) is 0.571. The molecular weight excluding hydrogens is 368 g/mol. The SMILES string of the molecule is N[C@H]1CC[C@@H](C(=O)NCc2nc(-c3ccccc3)n[nH]2)CN(C2CCOCC2)C1. The highest BCUT2D eigenvalue weighted by atomic mass is 16.5. The van der Waals surface area contributed by atoms with Gasteiger partial charge in [0.15, 0.2) is 5.82 Å². The van der Waals surface area contributed by atoms with Crippen molar-refractivity contribution >= 4 is 5.91 Å². The molecule has 1 aromatic heterocycles. The van der Waals surface area contributed by atoms with Crippen molar-refractivity contribution in [3.8, 4) is 11.4 Å². The first-order valence-electron chi connectivity index (χ1n) is 10.5. The number of ether oxygens (including phenoxy) is 1. The van der Waals surface area contributed by atoms with Gasteiger partial charge in [-0.1, -0.05) is 30.3 Å². The second-order valence-electron chi connectivity index (χ2n) is 8.02. The number of nitrogens with two attached hydrogens (primary N) is 1. The van der Waals surface area contributed by atoms with Crippen LogP contribution in [0.5, 0.6) is 0 Å². The zero-order chi connectivity index (χ0) is 20.1. The fourth-order valence-corrected chi connectivity index (χ4v) is 4.22. The quantitative estimate of drug-likeness (QED) is 0.701. The number of aromatic nitrogens is 3. The van der Waals surface area contributed by atoms with Gasteiger partial charge in [-0.15, -0.1) is 0 Å². The summed E-state index contributed by atoms with van der Waals surface area (Å²) in [5.74, 6) is 1.31. The lowest BCUT2D eigenvalue weighted by atomic mass is 10.0. The van der Waals surface area contributed by atoms with Gasteiger partial charge in [0.2, 0.25) is 5.91 Å². The third kappa shape index (κ3) is 5.20. The summed E-state index contributed by atoms with van der Waals surface area (Å²) >= 11 is 0. The van der Waals surface area contributed by atoms with Gasteiger partial charge in [-0.05, 0) is 25.7 Å². The third-order valence-corrected chi connectivity index (χ3v) is 5.88. The van der Waals surface area contributed by atoms with Crippen LogP contribution in [0.3, 0.4) is 0 Å². The van der Waals surface area contributed by atoms with Crippen LogP contribution in [0.1, 0.15) is 31.5 Å². The highest BCUT2D eigenvalue weighted by molar-refractivity contribution is 5.78. The largest absolute Gasteiger partial charge is 0.381 e. The van der Waals surface area contributed by atoms with Crippen LogP contribution in [-0.4, -0.2) is 64.4 Å². The van der Waals surface area contributed by atoms with Crippen LogP contribution in [0.2, 0.25) is 0 Å². The average molecular weight is 399 g/mol. The Labute approximate surface area is 171 Å². The number of aromatic amines is 1. The molecule has 0 unspecified atom stereocenters. The van der Waals surface area contributed by atoms with Gasteiger partial charge in [-0.25, -0.2) is 4.98 Å². The molecule has 2 aliphatic rings. The van der Waals surface area contributed by atoms with Gasteiger partial charge >= 0.3 is 0 Å². The number of likely N-dealkylation sites (tertiary alicyclic amines) is 1. The molecular formula is C21H30N6O2. The summed E-state index contributed by atoms with van der Waals surface area (Å²) in [6, 6.07) is 10.4. The summed E-state index contributed by atoms with van der Waals surface area (Å²) in [6.07, 6.45) is 3.72. The minimum absolute atomic E-state index is 0.0529. The van der Waals surface area contributed by atoms with Gasteiger partial charge < -0.3 is 15.8 Å². The molecule has 2 saturated heterocycles. The molecule has 4 N–H and O–H groups in total. The van der Waals surface area contributed by atoms with Crippen LogP contribution < -0.4 is 11.1 Å². The Morgan fingerprint density at radius 3 is 2.76 bits per heavy atom. The van der Waals surface area contributed by atoms with Crippen molar-refractivity contribution in [1.29, 1.82) is 0 Å². The highest BCUT2D eigenvalue weighted by Gasteiger charge is 2.31. The van der Waals surface area contributed by atoms with Crippen molar-refractivity contribution in [1.82, 2.24) is 25.4 Å². The van der Waals surface area contributed by atoms with Crippen molar-refractivity contribution in [3.05, 3.63) is 36.2 Å². The second-order valence-corrected chi connectivity index (χ2v) is 8.02. The van der Waals surface area contributed by atoms with Crippen LogP contribution in [0.15, 0.2) is 30.3 Å². The molecule has 0 saturated carbocycles. The molecule has 2 fully saturated rings. The Morgan fingerprint density at radius 1 is 1.17 bits per heavy atom. The van der Waals surface area contributed by atoms with Crippen LogP contribution >= 0.6 is 0 Å². The zero-order valence-corrected chi connectivity index (χ0v) is 16.7. The van der Waals surface area contributed by atoms with Crippen molar-refractivity contribution < 1.29 is 9.53 Å². The lowest BCUT2D eigenvalue weighted by molar-refractivity contribution is -0.126. The first-order chi connectivity index (χ1) is 14.2. The number of H-pyrrole nitrogens is 1. The standard InChI is InChI=1S/C21H30N6O2/c22-17-7-6-16(13-27(14-17)18-8-10-29-11-9-18)21(28)23-12-19-24-20(26-25-19)15-4-2-1-3-5-15/h1-5,16-18H,6-14,22H2,(H,23,28)(H,24,25,26)/t16-,17+/m1/s1. The first-order valence-corrected chi connectivity index (χ1v) is 10.5. The molecule has 2 aliphatic heterocycles. The Morgan fingerprint density at radius 2 is 1.97 bits per heavy atom. The van der Waals surface area contributed by atoms with Gasteiger partial charge in [-0.2, -0.15) is 5.10 Å². The van der Waals surface area contributed by atoms with Crippen LogP contribution in [0.25, 0.3) is 11.4 Å². The summed E-state index contributed by atoms with van der Waals surface area (Å²) < 4.78 is 5.49. The highest BCUT2D eigenvalue weighted by Crippen LogP contribution is 2.22. The van der Waals surface area contributed by atoms with E-state index in [0.717, 1.165) is 57.6 Å². The van der Waals surface area contributed by atoms with Gasteiger partial charge in [0.25, 0.3) is 0 Å². The van der Waals surface area contributed by atoms with E-state index in [1.807, 2.05) is 30.3 Å². The number of hydrogen-bond donors (Lipinski definition) is 3. The number of nitrogens with one attached hydrogen (secondary N) is 2. The molecule has 0 spiro atoms. The molecule has 8 heteroatoms. The maximum absolute atomic E-state index is 12.9. The number of carbonyl (C=O) groups excluding carboxylic acids is 1. The lowest BCUT2D eigenvalue weighted by Crippen LogP contribution is -2.47. The molecule has 1 aromatic carbocycles.